The average molecular weight is 394 g/mol. The number of methoxy groups -OCH3 is 1. The summed E-state index contributed by atoms with van der Waals surface area (Å²) in [6, 6.07) is 15.9. The van der Waals surface area contributed by atoms with E-state index in [1.807, 2.05) is 36.4 Å². The molecule has 1 aliphatic heterocycles. The molecule has 0 unspecified atom stereocenters. The minimum absolute atomic E-state index is 0.0216. The minimum Gasteiger partial charge on any atom is -0.493 e. The Hall–Kier alpha value is -2.86. The van der Waals surface area contributed by atoms with Gasteiger partial charge in [-0.25, -0.2) is 4.98 Å². The Labute approximate surface area is 168 Å². The number of hydrogen-bond donors (Lipinski definition) is 1. The fraction of sp³-hybridized carbons (Fsp3) is 0.273. The second kappa shape index (κ2) is 8.44. The number of amides is 1. The Bertz CT molecular complexity index is 955. The van der Waals surface area contributed by atoms with Crippen LogP contribution in [0.25, 0.3) is 11.3 Å². The Kier molecular flexibility index (Phi) is 5.58. The number of ether oxygens (including phenoxy) is 2. The molecule has 1 atom stereocenters. The molecule has 2 heterocycles. The number of carbonyl (C=O) groups is 1. The van der Waals surface area contributed by atoms with E-state index in [4.69, 9.17) is 9.47 Å². The molecule has 0 spiro atoms. The van der Waals surface area contributed by atoms with Gasteiger partial charge in [-0.1, -0.05) is 42.5 Å². The van der Waals surface area contributed by atoms with Gasteiger partial charge < -0.3 is 14.8 Å². The SMILES string of the molecule is COc1cccc2c1OC[C@H](C(=O)NCCc1nc(-c3ccccc3)cs1)C2. The highest BCUT2D eigenvalue weighted by molar-refractivity contribution is 7.09. The number of thiazole rings is 1. The van der Waals surface area contributed by atoms with E-state index in [1.165, 1.54) is 0 Å². The molecule has 0 saturated heterocycles. The summed E-state index contributed by atoms with van der Waals surface area (Å²) in [5.41, 5.74) is 3.11. The van der Waals surface area contributed by atoms with Gasteiger partial charge in [0, 0.05) is 23.9 Å². The van der Waals surface area contributed by atoms with Crippen molar-refractivity contribution in [3.8, 4) is 22.8 Å². The van der Waals surface area contributed by atoms with Gasteiger partial charge in [-0.2, -0.15) is 0 Å². The van der Waals surface area contributed by atoms with Crippen molar-refractivity contribution < 1.29 is 14.3 Å². The Morgan fingerprint density at radius 3 is 2.93 bits per heavy atom. The summed E-state index contributed by atoms with van der Waals surface area (Å²) in [4.78, 5) is 17.2. The third-order valence-electron chi connectivity index (χ3n) is 4.81. The molecule has 0 radical (unpaired) electrons. The topological polar surface area (TPSA) is 60.5 Å². The summed E-state index contributed by atoms with van der Waals surface area (Å²) in [5, 5.41) is 6.11. The monoisotopic (exact) mass is 394 g/mol. The van der Waals surface area contributed by atoms with Gasteiger partial charge in [0.2, 0.25) is 5.91 Å². The number of para-hydroxylation sites is 1. The second-order valence-corrected chi connectivity index (χ2v) is 7.64. The summed E-state index contributed by atoms with van der Waals surface area (Å²) >= 11 is 1.63. The summed E-state index contributed by atoms with van der Waals surface area (Å²) in [6.07, 6.45) is 1.38. The van der Waals surface area contributed by atoms with Crippen LogP contribution >= 0.6 is 11.3 Å². The molecule has 6 heteroatoms. The molecule has 1 aromatic heterocycles. The predicted octanol–water partition coefficient (Wildman–Crippen LogP) is 3.73. The zero-order chi connectivity index (χ0) is 19.3. The number of nitrogens with one attached hydrogen (secondary N) is 1. The quantitative estimate of drug-likeness (QED) is 0.692. The van der Waals surface area contributed by atoms with Crippen LogP contribution in [0.4, 0.5) is 0 Å². The zero-order valence-corrected chi connectivity index (χ0v) is 16.5. The molecule has 0 fully saturated rings. The van der Waals surface area contributed by atoms with Crippen molar-refractivity contribution >= 4 is 17.2 Å². The van der Waals surface area contributed by atoms with Crippen molar-refractivity contribution in [1.29, 1.82) is 0 Å². The predicted molar refractivity (Wildman–Crippen MR) is 110 cm³/mol. The number of fused-ring (bicyclic) bond motifs is 1. The molecule has 0 aliphatic carbocycles. The van der Waals surface area contributed by atoms with E-state index in [-0.39, 0.29) is 11.8 Å². The second-order valence-electron chi connectivity index (χ2n) is 6.69. The lowest BCUT2D eigenvalue weighted by atomic mass is 9.95. The number of hydrogen-bond acceptors (Lipinski definition) is 5. The van der Waals surface area contributed by atoms with Crippen LogP contribution in [0.1, 0.15) is 10.6 Å². The van der Waals surface area contributed by atoms with Crippen molar-refractivity contribution in [3.63, 3.8) is 0 Å². The number of nitrogens with zero attached hydrogens (tertiary/aromatic N) is 1. The molecular weight excluding hydrogens is 372 g/mol. The highest BCUT2D eigenvalue weighted by Gasteiger charge is 2.27. The highest BCUT2D eigenvalue weighted by atomic mass is 32.1. The van der Waals surface area contributed by atoms with Gasteiger partial charge >= 0.3 is 0 Å². The number of aromatic nitrogens is 1. The number of rotatable bonds is 6. The molecule has 4 rings (SSSR count). The van der Waals surface area contributed by atoms with Crippen LogP contribution in [-0.4, -0.2) is 31.2 Å². The fourth-order valence-electron chi connectivity index (χ4n) is 3.33. The van der Waals surface area contributed by atoms with Crippen molar-refractivity contribution in [2.45, 2.75) is 12.8 Å². The van der Waals surface area contributed by atoms with Gasteiger partial charge in [0.05, 0.1) is 23.7 Å². The van der Waals surface area contributed by atoms with Crippen LogP contribution in [-0.2, 0) is 17.6 Å². The first kappa shape index (κ1) is 18.5. The van der Waals surface area contributed by atoms with Crippen molar-refractivity contribution in [2.24, 2.45) is 5.92 Å². The van der Waals surface area contributed by atoms with Crippen molar-refractivity contribution in [3.05, 3.63) is 64.5 Å². The van der Waals surface area contributed by atoms with Crippen molar-refractivity contribution in [2.75, 3.05) is 20.3 Å². The summed E-state index contributed by atoms with van der Waals surface area (Å²) < 4.78 is 11.1. The fourth-order valence-corrected chi connectivity index (χ4v) is 4.13. The van der Waals surface area contributed by atoms with Crippen LogP contribution in [0, 0.1) is 5.92 Å². The van der Waals surface area contributed by atoms with Gasteiger partial charge in [-0.15, -0.1) is 11.3 Å². The largest absolute Gasteiger partial charge is 0.493 e. The first-order valence-corrected chi connectivity index (χ1v) is 10.2. The third-order valence-corrected chi connectivity index (χ3v) is 5.71. The van der Waals surface area contributed by atoms with Gasteiger partial charge in [0.25, 0.3) is 0 Å². The standard InChI is InChI=1S/C22H22N2O3S/c1-26-19-9-5-8-16-12-17(13-27-21(16)19)22(25)23-11-10-20-24-18(14-28-20)15-6-3-2-4-7-15/h2-9,14,17H,10-13H2,1H3,(H,23,25)/t17-/m1/s1. The van der Waals surface area contributed by atoms with E-state index in [2.05, 4.69) is 27.8 Å². The number of carbonyl (C=O) groups excluding carboxylic acids is 1. The summed E-state index contributed by atoms with van der Waals surface area (Å²) in [5.74, 6) is 1.31. The maximum absolute atomic E-state index is 12.5. The molecule has 144 valence electrons. The van der Waals surface area contributed by atoms with E-state index in [0.29, 0.717) is 25.3 Å². The lowest BCUT2D eigenvalue weighted by Gasteiger charge is -2.25. The van der Waals surface area contributed by atoms with E-state index in [1.54, 1.807) is 18.4 Å². The Morgan fingerprint density at radius 1 is 1.25 bits per heavy atom. The molecule has 2 aromatic carbocycles. The minimum atomic E-state index is -0.184. The van der Waals surface area contributed by atoms with E-state index < -0.39 is 0 Å². The molecule has 3 aromatic rings. The highest BCUT2D eigenvalue weighted by Crippen LogP contribution is 2.36. The van der Waals surface area contributed by atoms with E-state index in [0.717, 1.165) is 34.0 Å². The van der Waals surface area contributed by atoms with Crippen LogP contribution in [0.2, 0.25) is 0 Å². The lowest BCUT2D eigenvalue weighted by Crippen LogP contribution is -2.38. The van der Waals surface area contributed by atoms with Crippen LogP contribution in [0.15, 0.2) is 53.9 Å². The lowest BCUT2D eigenvalue weighted by molar-refractivity contribution is -0.126. The number of benzene rings is 2. The Morgan fingerprint density at radius 2 is 2.11 bits per heavy atom. The summed E-state index contributed by atoms with van der Waals surface area (Å²) in [6.45, 7) is 0.941. The maximum atomic E-state index is 12.5. The first-order chi connectivity index (χ1) is 13.7. The third kappa shape index (κ3) is 4.02. The first-order valence-electron chi connectivity index (χ1n) is 9.31. The maximum Gasteiger partial charge on any atom is 0.226 e. The molecular formula is C22H22N2O3S. The zero-order valence-electron chi connectivity index (χ0n) is 15.7. The van der Waals surface area contributed by atoms with E-state index >= 15 is 0 Å². The Balaban J connectivity index is 1.30. The normalized spacial score (nSPS) is 15.4. The van der Waals surface area contributed by atoms with Crippen LogP contribution in [0.3, 0.4) is 0 Å². The molecule has 0 bridgehead atoms. The molecule has 28 heavy (non-hydrogen) atoms. The summed E-state index contributed by atoms with van der Waals surface area (Å²) in [7, 11) is 1.62. The van der Waals surface area contributed by atoms with Crippen LogP contribution < -0.4 is 14.8 Å². The van der Waals surface area contributed by atoms with Gasteiger partial charge in [-0.05, 0) is 18.1 Å². The van der Waals surface area contributed by atoms with Gasteiger partial charge in [-0.3, -0.25) is 4.79 Å². The molecule has 5 nitrogen and oxygen atoms in total. The molecule has 1 amide bonds. The average Bonchev–Trinajstić information content (AvgIpc) is 3.22. The molecule has 1 N–H and O–H groups in total. The smallest absolute Gasteiger partial charge is 0.226 e. The molecule has 1 aliphatic rings. The van der Waals surface area contributed by atoms with Gasteiger partial charge in [0.15, 0.2) is 11.5 Å². The van der Waals surface area contributed by atoms with Crippen LogP contribution in [0.5, 0.6) is 11.5 Å². The van der Waals surface area contributed by atoms with E-state index in [9.17, 15) is 4.79 Å². The van der Waals surface area contributed by atoms with Crippen molar-refractivity contribution in [1.82, 2.24) is 10.3 Å². The molecule has 0 saturated carbocycles. The van der Waals surface area contributed by atoms with Gasteiger partial charge in [0.1, 0.15) is 6.61 Å².